The summed E-state index contributed by atoms with van der Waals surface area (Å²) in [5, 5.41) is 0.706. The van der Waals surface area contributed by atoms with E-state index in [-0.39, 0.29) is 0 Å². The Labute approximate surface area is 116 Å². The molecule has 1 aromatic heterocycles. The van der Waals surface area contributed by atoms with Crippen molar-refractivity contribution >= 4 is 17.3 Å². The van der Waals surface area contributed by atoms with Crippen LogP contribution in [-0.2, 0) is 0 Å². The minimum atomic E-state index is 0.706. The van der Waals surface area contributed by atoms with Crippen LogP contribution in [0.1, 0.15) is 0 Å². The maximum Gasteiger partial charge on any atom is 0.0997 e. The zero-order valence-electron chi connectivity index (χ0n) is 10.1. The standard InChI is InChI=1S/C15H12ClN3/c16-12-4-1-3-11(7-12)15-9-18-10-19(15)14-6-2-5-13(17)8-14/h1-10H,17H2. The number of benzene rings is 2. The number of halogens is 1. The van der Waals surface area contributed by atoms with E-state index in [4.69, 9.17) is 17.3 Å². The van der Waals surface area contributed by atoms with E-state index in [0.29, 0.717) is 5.02 Å². The van der Waals surface area contributed by atoms with E-state index in [1.807, 2.05) is 59.3 Å². The van der Waals surface area contributed by atoms with Crippen LogP contribution in [0.25, 0.3) is 16.9 Å². The van der Waals surface area contributed by atoms with Crippen LogP contribution in [0.2, 0.25) is 5.02 Å². The van der Waals surface area contributed by atoms with Gasteiger partial charge in [0.15, 0.2) is 0 Å². The molecular formula is C15H12ClN3. The lowest BCUT2D eigenvalue weighted by Gasteiger charge is -2.09. The minimum Gasteiger partial charge on any atom is -0.399 e. The monoisotopic (exact) mass is 269 g/mol. The summed E-state index contributed by atoms with van der Waals surface area (Å²) < 4.78 is 1.99. The van der Waals surface area contributed by atoms with Gasteiger partial charge in [0.25, 0.3) is 0 Å². The van der Waals surface area contributed by atoms with Gasteiger partial charge in [0.05, 0.1) is 18.2 Å². The number of nitrogens with two attached hydrogens (primary N) is 1. The van der Waals surface area contributed by atoms with Gasteiger partial charge >= 0.3 is 0 Å². The van der Waals surface area contributed by atoms with Crippen LogP contribution >= 0.6 is 11.6 Å². The Kier molecular flexibility index (Phi) is 2.97. The molecule has 3 nitrogen and oxygen atoms in total. The molecule has 1 heterocycles. The molecule has 0 aliphatic rings. The van der Waals surface area contributed by atoms with Gasteiger partial charge in [0.1, 0.15) is 0 Å². The summed E-state index contributed by atoms with van der Waals surface area (Å²) in [5.41, 5.74) is 9.53. The fourth-order valence-electron chi connectivity index (χ4n) is 2.04. The van der Waals surface area contributed by atoms with Crippen molar-refractivity contribution < 1.29 is 0 Å². The molecule has 3 rings (SSSR count). The number of nitrogens with zero attached hydrogens (tertiary/aromatic N) is 2. The van der Waals surface area contributed by atoms with Crippen molar-refractivity contribution in [3.05, 3.63) is 66.1 Å². The Morgan fingerprint density at radius 3 is 2.68 bits per heavy atom. The summed E-state index contributed by atoms with van der Waals surface area (Å²) in [6.07, 6.45) is 3.58. The summed E-state index contributed by atoms with van der Waals surface area (Å²) in [6.45, 7) is 0. The van der Waals surface area contributed by atoms with Gasteiger partial charge in [0, 0.05) is 22.0 Å². The Bertz CT molecular complexity index is 659. The molecule has 0 fully saturated rings. The molecule has 4 heteroatoms. The molecule has 0 saturated carbocycles. The van der Waals surface area contributed by atoms with Gasteiger partial charge in [-0.05, 0) is 30.3 Å². The molecule has 0 bridgehead atoms. The molecule has 0 amide bonds. The molecule has 3 aromatic rings. The van der Waals surface area contributed by atoms with Gasteiger partial charge < -0.3 is 5.73 Å². The van der Waals surface area contributed by atoms with E-state index >= 15 is 0 Å². The summed E-state index contributed by atoms with van der Waals surface area (Å²) in [5.74, 6) is 0. The van der Waals surface area contributed by atoms with Crippen molar-refractivity contribution in [1.82, 2.24) is 9.55 Å². The minimum absolute atomic E-state index is 0.706. The SMILES string of the molecule is Nc1cccc(-n2cncc2-c2cccc(Cl)c2)c1. The van der Waals surface area contributed by atoms with Gasteiger partial charge in [-0.3, -0.25) is 4.57 Å². The summed E-state index contributed by atoms with van der Waals surface area (Å²) in [7, 11) is 0. The van der Waals surface area contributed by atoms with E-state index in [1.54, 1.807) is 6.33 Å². The number of aromatic nitrogens is 2. The van der Waals surface area contributed by atoms with Gasteiger partial charge in [0.2, 0.25) is 0 Å². The van der Waals surface area contributed by atoms with Crippen molar-refractivity contribution in [3.63, 3.8) is 0 Å². The highest BCUT2D eigenvalue weighted by molar-refractivity contribution is 6.30. The van der Waals surface area contributed by atoms with Crippen LogP contribution in [0.15, 0.2) is 61.1 Å². The molecule has 94 valence electrons. The van der Waals surface area contributed by atoms with Crippen LogP contribution < -0.4 is 5.73 Å². The van der Waals surface area contributed by atoms with E-state index in [1.165, 1.54) is 0 Å². The molecule has 0 aliphatic heterocycles. The molecule has 0 saturated heterocycles. The van der Waals surface area contributed by atoms with E-state index in [9.17, 15) is 0 Å². The molecule has 0 atom stereocenters. The molecular weight excluding hydrogens is 258 g/mol. The van der Waals surface area contributed by atoms with Crippen molar-refractivity contribution in [3.8, 4) is 16.9 Å². The second-order valence-electron chi connectivity index (χ2n) is 4.25. The first-order valence-electron chi connectivity index (χ1n) is 5.88. The third-order valence-corrected chi connectivity index (χ3v) is 3.14. The first-order valence-corrected chi connectivity index (χ1v) is 6.26. The zero-order valence-corrected chi connectivity index (χ0v) is 10.9. The summed E-state index contributed by atoms with van der Waals surface area (Å²) >= 11 is 6.04. The molecule has 2 N–H and O–H groups in total. The van der Waals surface area contributed by atoms with Crippen LogP contribution in [-0.4, -0.2) is 9.55 Å². The van der Waals surface area contributed by atoms with Crippen molar-refractivity contribution in [1.29, 1.82) is 0 Å². The van der Waals surface area contributed by atoms with Gasteiger partial charge in [-0.25, -0.2) is 4.98 Å². The van der Waals surface area contributed by atoms with Crippen LogP contribution in [0, 0.1) is 0 Å². The van der Waals surface area contributed by atoms with E-state index in [0.717, 1.165) is 22.6 Å². The number of anilines is 1. The lowest BCUT2D eigenvalue weighted by molar-refractivity contribution is 1.06. The highest BCUT2D eigenvalue weighted by Crippen LogP contribution is 2.25. The molecule has 0 unspecified atom stereocenters. The third kappa shape index (κ3) is 2.33. The lowest BCUT2D eigenvalue weighted by atomic mass is 10.1. The smallest absolute Gasteiger partial charge is 0.0997 e. The Morgan fingerprint density at radius 2 is 1.89 bits per heavy atom. The molecule has 0 spiro atoms. The number of hydrogen-bond acceptors (Lipinski definition) is 2. The number of nitrogen functional groups attached to an aromatic ring is 1. The highest BCUT2D eigenvalue weighted by atomic mass is 35.5. The Hall–Kier alpha value is -2.26. The topological polar surface area (TPSA) is 43.8 Å². The van der Waals surface area contributed by atoms with Gasteiger partial charge in [-0.1, -0.05) is 29.8 Å². The predicted octanol–water partition coefficient (Wildman–Crippen LogP) is 3.77. The van der Waals surface area contributed by atoms with E-state index in [2.05, 4.69) is 4.98 Å². The van der Waals surface area contributed by atoms with E-state index < -0.39 is 0 Å². The molecule has 19 heavy (non-hydrogen) atoms. The van der Waals surface area contributed by atoms with Crippen LogP contribution in [0.5, 0.6) is 0 Å². The van der Waals surface area contributed by atoms with Crippen molar-refractivity contribution in [2.45, 2.75) is 0 Å². The Morgan fingerprint density at radius 1 is 1.05 bits per heavy atom. The van der Waals surface area contributed by atoms with Gasteiger partial charge in [-0.2, -0.15) is 0 Å². The largest absolute Gasteiger partial charge is 0.399 e. The Balaban J connectivity index is 2.13. The normalized spacial score (nSPS) is 10.6. The summed E-state index contributed by atoms with van der Waals surface area (Å²) in [6, 6.07) is 15.4. The molecule has 0 aliphatic carbocycles. The maximum absolute atomic E-state index is 6.04. The second kappa shape index (κ2) is 4.78. The lowest BCUT2D eigenvalue weighted by Crippen LogP contribution is -1.96. The zero-order chi connectivity index (χ0) is 13.2. The first-order chi connectivity index (χ1) is 9.24. The van der Waals surface area contributed by atoms with Crippen LogP contribution in [0.4, 0.5) is 5.69 Å². The molecule has 2 aromatic carbocycles. The third-order valence-electron chi connectivity index (χ3n) is 2.91. The molecule has 0 radical (unpaired) electrons. The van der Waals surface area contributed by atoms with Crippen molar-refractivity contribution in [2.24, 2.45) is 0 Å². The first kappa shape index (κ1) is 11.8. The maximum atomic E-state index is 6.04. The average molecular weight is 270 g/mol. The number of imidazole rings is 1. The van der Waals surface area contributed by atoms with Crippen LogP contribution in [0.3, 0.4) is 0 Å². The van der Waals surface area contributed by atoms with Gasteiger partial charge in [-0.15, -0.1) is 0 Å². The summed E-state index contributed by atoms with van der Waals surface area (Å²) in [4.78, 5) is 4.21. The average Bonchev–Trinajstić information content (AvgIpc) is 2.88. The fourth-order valence-corrected chi connectivity index (χ4v) is 2.23. The number of rotatable bonds is 2. The highest BCUT2D eigenvalue weighted by Gasteiger charge is 2.07. The fraction of sp³-hybridized carbons (Fsp3) is 0. The van der Waals surface area contributed by atoms with Crippen molar-refractivity contribution in [2.75, 3.05) is 5.73 Å². The quantitative estimate of drug-likeness (QED) is 0.720. The predicted molar refractivity (Wildman–Crippen MR) is 78.4 cm³/mol. The number of hydrogen-bond donors (Lipinski definition) is 1. The second-order valence-corrected chi connectivity index (χ2v) is 4.69.